The van der Waals surface area contributed by atoms with Crippen LogP contribution in [-0.2, 0) is 0 Å². The molecule has 0 atom stereocenters. The van der Waals surface area contributed by atoms with Crippen molar-refractivity contribution < 1.29 is 0 Å². The molecule has 2 heteroatoms. The van der Waals surface area contributed by atoms with Crippen molar-refractivity contribution in [2.45, 2.75) is 12.8 Å². The number of aliphatic imine (C=N–C) groups is 1. The first kappa shape index (κ1) is 9.82. The van der Waals surface area contributed by atoms with Gasteiger partial charge in [0.25, 0.3) is 0 Å². The predicted octanol–water partition coefficient (Wildman–Crippen LogP) is 2.23. The number of nitrogens with zero attached hydrogens (tertiary/aromatic N) is 1. The summed E-state index contributed by atoms with van der Waals surface area (Å²) in [5, 5.41) is 6.85. The number of hydrogen-bond acceptors (Lipinski definition) is 2. The third kappa shape index (κ3) is 6.71. The largest absolute Gasteiger partial charge is 0.308 e. The molecule has 60 valence electrons. The Morgan fingerprint density at radius 2 is 2.18 bits per heavy atom. The third-order valence-electron chi connectivity index (χ3n) is 1.24. The molecule has 0 radical (unpaired) electrons. The molecular formula is C9H14N2. The Morgan fingerprint density at radius 3 is 2.73 bits per heavy atom. The lowest BCUT2D eigenvalue weighted by Crippen LogP contribution is -1.79. The fraction of sp³-hybridized carbons (Fsp3) is 0.333. The summed E-state index contributed by atoms with van der Waals surface area (Å²) in [5.41, 5.74) is 0.862. The number of allylic oxidation sites excluding steroid dienone is 2. The highest BCUT2D eigenvalue weighted by atomic mass is 14.6. The van der Waals surface area contributed by atoms with Crippen LogP contribution in [0.5, 0.6) is 0 Å². The molecule has 0 aliphatic rings. The van der Waals surface area contributed by atoms with Gasteiger partial charge in [0.15, 0.2) is 0 Å². The maximum atomic E-state index is 6.85. The zero-order valence-corrected chi connectivity index (χ0v) is 6.71. The Balaban J connectivity index is 3.32. The summed E-state index contributed by atoms with van der Waals surface area (Å²) in [6, 6.07) is 0. The summed E-state index contributed by atoms with van der Waals surface area (Å²) < 4.78 is 0. The van der Waals surface area contributed by atoms with E-state index in [0.717, 1.165) is 18.4 Å². The predicted molar refractivity (Wildman–Crippen MR) is 50.7 cm³/mol. The summed E-state index contributed by atoms with van der Waals surface area (Å²) in [4.78, 5) is 3.67. The molecule has 0 spiro atoms. The van der Waals surface area contributed by atoms with E-state index in [4.69, 9.17) is 5.41 Å². The van der Waals surface area contributed by atoms with Gasteiger partial charge >= 0.3 is 0 Å². The second-order valence-corrected chi connectivity index (χ2v) is 2.22. The average molecular weight is 150 g/mol. The minimum absolute atomic E-state index is 0.678. The van der Waals surface area contributed by atoms with E-state index in [0.29, 0.717) is 6.54 Å². The van der Waals surface area contributed by atoms with Gasteiger partial charge in [-0.1, -0.05) is 18.7 Å². The molecule has 0 aromatic heterocycles. The molecule has 0 aromatic carbocycles. The number of nitrogens with one attached hydrogen (secondary N) is 1. The first-order valence-electron chi connectivity index (χ1n) is 3.57. The third-order valence-corrected chi connectivity index (χ3v) is 1.24. The molecule has 0 saturated heterocycles. The highest BCUT2D eigenvalue weighted by Crippen LogP contribution is 1.99. The van der Waals surface area contributed by atoms with Gasteiger partial charge in [0, 0.05) is 6.21 Å². The zero-order chi connectivity index (χ0) is 8.53. The lowest BCUT2D eigenvalue weighted by atomic mass is 10.2. The molecule has 0 aliphatic heterocycles. The first-order valence-corrected chi connectivity index (χ1v) is 3.57. The van der Waals surface area contributed by atoms with Gasteiger partial charge < -0.3 is 5.41 Å². The van der Waals surface area contributed by atoms with Crippen molar-refractivity contribution in [1.82, 2.24) is 0 Å². The van der Waals surface area contributed by atoms with Gasteiger partial charge in [-0.25, -0.2) is 0 Å². The van der Waals surface area contributed by atoms with Crippen LogP contribution in [0.4, 0.5) is 0 Å². The van der Waals surface area contributed by atoms with Crippen molar-refractivity contribution in [2.75, 3.05) is 6.54 Å². The molecule has 0 heterocycles. The number of hydrogen-bond donors (Lipinski definition) is 1. The molecule has 0 aromatic rings. The summed E-state index contributed by atoms with van der Waals surface area (Å²) in [6.45, 7) is 7.71. The van der Waals surface area contributed by atoms with Crippen LogP contribution in [0.3, 0.4) is 0 Å². The highest BCUT2D eigenvalue weighted by molar-refractivity contribution is 5.74. The van der Waals surface area contributed by atoms with Crippen molar-refractivity contribution >= 4 is 12.9 Å². The van der Waals surface area contributed by atoms with Gasteiger partial charge in [0.05, 0.1) is 6.54 Å². The van der Waals surface area contributed by atoms with Crippen molar-refractivity contribution in [3.8, 4) is 0 Å². The highest BCUT2D eigenvalue weighted by Gasteiger charge is 1.84. The van der Waals surface area contributed by atoms with Gasteiger partial charge in [-0.2, -0.15) is 0 Å². The molecular weight excluding hydrogens is 136 g/mol. The van der Waals surface area contributed by atoms with Crippen LogP contribution in [-0.4, -0.2) is 19.5 Å². The summed E-state index contributed by atoms with van der Waals surface area (Å²) in [5.74, 6) is 0. The van der Waals surface area contributed by atoms with Crippen LogP contribution in [0.25, 0.3) is 0 Å². The second kappa shape index (κ2) is 6.93. The Labute approximate surface area is 67.9 Å². The molecule has 0 bridgehead atoms. The lowest BCUT2D eigenvalue weighted by Gasteiger charge is -1.91. The zero-order valence-electron chi connectivity index (χ0n) is 6.71. The van der Waals surface area contributed by atoms with E-state index >= 15 is 0 Å². The maximum Gasteiger partial charge on any atom is 0.0563 e. The van der Waals surface area contributed by atoms with E-state index in [1.165, 1.54) is 6.21 Å². The Bertz CT molecular complexity index is 168. The molecule has 1 N–H and O–H groups in total. The fourth-order valence-electron chi connectivity index (χ4n) is 0.608. The molecule has 0 aliphatic carbocycles. The Kier molecular flexibility index (Phi) is 6.19. The lowest BCUT2D eigenvalue weighted by molar-refractivity contribution is 1.02. The van der Waals surface area contributed by atoms with Crippen LogP contribution < -0.4 is 0 Å². The SMILES string of the molecule is C=NC/C=C\CCC(=C)C=N. The molecule has 11 heavy (non-hydrogen) atoms. The quantitative estimate of drug-likeness (QED) is 0.445. The van der Waals surface area contributed by atoms with Crippen LogP contribution in [0.2, 0.25) is 0 Å². The van der Waals surface area contributed by atoms with Crippen LogP contribution in [0.15, 0.2) is 29.3 Å². The fourth-order valence-corrected chi connectivity index (χ4v) is 0.608. The smallest absolute Gasteiger partial charge is 0.0563 e. The molecule has 0 fully saturated rings. The summed E-state index contributed by atoms with van der Waals surface area (Å²) in [6.07, 6.45) is 7.08. The van der Waals surface area contributed by atoms with Gasteiger partial charge in [-0.05, 0) is 25.1 Å². The molecule has 0 rings (SSSR count). The van der Waals surface area contributed by atoms with Crippen molar-refractivity contribution in [3.05, 3.63) is 24.3 Å². The first-order chi connectivity index (χ1) is 5.31. The normalized spacial score (nSPS) is 9.82. The number of rotatable bonds is 6. The van der Waals surface area contributed by atoms with E-state index in [9.17, 15) is 0 Å². The minimum Gasteiger partial charge on any atom is -0.308 e. The summed E-state index contributed by atoms with van der Waals surface area (Å²) >= 11 is 0. The Hall–Kier alpha value is -1.18. The monoisotopic (exact) mass is 150 g/mol. The summed E-state index contributed by atoms with van der Waals surface area (Å²) in [7, 11) is 0. The van der Waals surface area contributed by atoms with E-state index in [1.54, 1.807) is 0 Å². The standard InChI is InChI=1S/C9H14N2/c1-9(8-10)6-4-3-5-7-11-2/h3,5,8,10H,1-2,4,6-7H2/b5-3-,10-8?. The molecule has 0 saturated carbocycles. The van der Waals surface area contributed by atoms with Crippen LogP contribution in [0.1, 0.15) is 12.8 Å². The van der Waals surface area contributed by atoms with Gasteiger partial charge in [0.1, 0.15) is 0 Å². The van der Waals surface area contributed by atoms with E-state index in [-0.39, 0.29) is 0 Å². The van der Waals surface area contributed by atoms with Gasteiger partial charge in [-0.3, -0.25) is 4.99 Å². The average Bonchev–Trinajstić information content (AvgIpc) is 2.04. The molecule has 0 amide bonds. The topological polar surface area (TPSA) is 36.2 Å². The van der Waals surface area contributed by atoms with E-state index < -0.39 is 0 Å². The van der Waals surface area contributed by atoms with E-state index in [2.05, 4.69) is 18.3 Å². The van der Waals surface area contributed by atoms with Gasteiger partial charge in [-0.15, -0.1) is 0 Å². The van der Waals surface area contributed by atoms with Crippen molar-refractivity contribution in [1.29, 1.82) is 5.41 Å². The minimum atomic E-state index is 0.678. The van der Waals surface area contributed by atoms with E-state index in [1.807, 2.05) is 12.2 Å². The van der Waals surface area contributed by atoms with Crippen LogP contribution >= 0.6 is 0 Å². The Morgan fingerprint density at radius 1 is 1.45 bits per heavy atom. The molecule has 2 nitrogen and oxygen atoms in total. The second-order valence-electron chi connectivity index (χ2n) is 2.22. The maximum absolute atomic E-state index is 6.85. The molecule has 0 unspecified atom stereocenters. The van der Waals surface area contributed by atoms with Crippen molar-refractivity contribution in [2.24, 2.45) is 4.99 Å². The van der Waals surface area contributed by atoms with Gasteiger partial charge in [0.2, 0.25) is 0 Å². The van der Waals surface area contributed by atoms with Crippen molar-refractivity contribution in [3.63, 3.8) is 0 Å². The van der Waals surface area contributed by atoms with Crippen LogP contribution in [0, 0.1) is 5.41 Å².